The first-order valence-electron chi connectivity index (χ1n) is 13.0. The maximum absolute atomic E-state index is 10.4. The van der Waals surface area contributed by atoms with Gasteiger partial charge in [0.2, 0.25) is 0 Å². The zero-order chi connectivity index (χ0) is 24.8. The predicted octanol–water partition coefficient (Wildman–Crippen LogP) is 6.53. The molecule has 1 unspecified atom stereocenters. The van der Waals surface area contributed by atoms with Crippen LogP contribution in [0.3, 0.4) is 0 Å². The standard InChI is InChI=1S/C33H38N2O/c36-28-33(35(26-31-18-9-3-10-19-31)27-32-20-11-4-12-21-32)22-13-23-34(24-29-14-5-1-6-15-29)25-30-16-7-2-8-17-30/h1-12,14-21,33,36H,13,22-28H2. The summed E-state index contributed by atoms with van der Waals surface area (Å²) < 4.78 is 0. The Kier molecular flexibility index (Phi) is 10.3. The highest BCUT2D eigenvalue weighted by molar-refractivity contribution is 5.18. The smallest absolute Gasteiger partial charge is 0.0587 e. The zero-order valence-corrected chi connectivity index (χ0v) is 21.1. The Bertz CT molecular complexity index is 1020. The van der Waals surface area contributed by atoms with E-state index in [9.17, 15) is 5.11 Å². The average Bonchev–Trinajstić information content (AvgIpc) is 2.93. The molecule has 4 aromatic carbocycles. The third kappa shape index (κ3) is 8.46. The highest BCUT2D eigenvalue weighted by Crippen LogP contribution is 2.18. The molecule has 4 rings (SSSR count). The van der Waals surface area contributed by atoms with E-state index in [0.29, 0.717) is 0 Å². The van der Waals surface area contributed by atoms with Crippen LogP contribution >= 0.6 is 0 Å². The first kappa shape index (κ1) is 25.8. The van der Waals surface area contributed by atoms with Crippen LogP contribution in [0.5, 0.6) is 0 Å². The minimum Gasteiger partial charge on any atom is -0.395 e. The first-order valence-corrected chi connectivity index (χ1v) is 13.0. The van der Waals surface area contributed by atoms with Gasteiger partial charge in [0.1, 0.15) is 0 Å². The topological polar surface area (TPSA) is 26.7 Å². The minimum atomic E-state index is 0.112. The van der Waals surface area contributed by atoms with Crippen molar-refractivity contribution in [1.82, 2.24) is 9.80 Å². The van der Waals surface area contributed by atoms with Crippen molar-refractivity contribution in [2.45, 2.75) is 45.1 Å². The van der Waals surface area contributed by atoms with Crippen LogP contribution in [0.15, 0.2) is 121 Å². The van der Waals surface area contributed by atoms with Gasteiger partial charge in [-0.05, 0) is 41.6 Å². The number of hydrogen-bond acceptors (Lipinski definition) is 3. The molecule has 0 bridgehead atoms. The maximum Gasteiger partial charge on any atom is 0.0587 e. The van der Waals surface area contributed by atoms with Crippen molar-refractivity contribution in [3.05, 3.63) is 144 Å². The Balaban J connectivity index is 1.42. The van der Waals surface area contributed by atoms with Crippen molar-refractivity contribution in [2.24, 2.45) is 0 Å². The number of aliphatic hydroxyl groups is 1. The Hall–Kier alpha value is -3.24. The molecule has 0 saturated carbocycles. The quantitative estimate of drug-likeness (QED) is 0.223. The number of rotatable bonds is 14. The second kappa shape index (κ2) is 14.4. The number of benzene rings is 4. The summed E-state index contributed by atoms with van der Waals surface area (Å²) in [4.78, 5) is 4.96. The molecule has 0 heterocycles. The van der Waals surface area contributed by atoms with Gasteiger partial charge < -0.3 is 5.11 Å². The van der Waals surface area contributed by atoms with Crippen LogP contribution in [-0.2, 0) is 26.2 Å². The lowest BCUT2D eigenvalue weighted by molar-refractivity contribution is 0.0977. The van der Waals surface area contributed by atoms with Gasteiger partial charge in [-0.1, -0.05) is 121 Å². The molecule has 0 radical (unpaired) electrons. The van der Waals surface area contributed by atoms with Crippen LogP contribution in [0.25, 0.3) is 0 Å². The number of nitrogens with zero attached hydrogens (tertiary/aromatic N) is 2. The molecule has 3 heteroatoms. The fraction of sp³-hybridized carbons (Fsp3) is 0.273. The van der Waals surface area contributed by atoms with Crippen LogP contribution < -0.4 is 0 Å². The van der Waals surface area contributed by atoms with Gasteiger partial charge in [0, 0.05) is 32.2 Å². The molecule has 0 aromatic heterocycles. The van der Waals surface area contributed by atoms with Crippen molar-refractivity contribution in [3.8, 4) is 0 Å². The van der Waals surface area contributed by atoms with E-state index < -0.39 is 0 Å². The lowest BCUT2D eigenvalue weighted by atomic mass is 10.1. The summed E-state index contributed by atoms with van der Waals surface area (Å²) >= 11 is 0. The minimum absolute atomic E-state index is 0.112. The fourth-order valence-corrected chi connectivity index (χ4v) is 4.79. The van der Waals surface area contributed by atoms with Crippen molar-refractivity contribution >= 4 is 0 Å². The zero-order valence-electron chi connectivity index (χ0n) is 21.1. The van der Waals surface area contributed by atoms with Crippen LogP contribution in [0.4, 0.5) is 0 Å². The molecule has 1 atom stereocenters. The van der Waals surface area contributed by atoms with Gasteiger partial charge in [0.05, 0.1) is 6.61 Å². The summed E-state index contributed by atoms with van der Waals surface area (Å²) in [6.07, 6.45) is 1.99. The first-order chi connectivity index (χ1) is 17.8. The summed E-state index contributed by atoms with van der Waals surface area (Å²) in [6.45, 7) is 4.67. The van der Waals surface area contributed by atoms with Crippen LogP contribution in [0.1, 0.15) is 35.1 Å². The third-order valence-electron chi connectivity index (χ3n) is 6.69. The molecule has 0 spiro atoms. The molecule has 0 fully saturated rings. The van der Waals surface area contributed by atoms with Crippen molar-refractivity contribution in [2.75, 3.05) is 13.2 Å². The SMILES string of the molecule is OCC(CCCN(Cc1ccccc1)Cc1ccccc1)N(Cc1ccccc1)Cc1ccccc1. The van der Waals surface area contributed by atoms with E-state index in [2.05, 4.69) is 131 Å². The van der Waals surface area contributed by atoms with Gasteiger partial charge in [-0.25, -0.2) is 0 Å². The molecular formula is C33H38N2O. The molecule has 1 N–H and O–H groups in total. The molecule has 186 valence electrons. The van der Waals surface area contributed by atoms with E-state index in [4.69, 9.17) is 0 Å². The summed E-state index contributed by atoms with van der Waals surface area (Å²) in [6, 6.07) is 42.7. The predicted molar refractivity (Wildman–Crippen MR) is 149 cm³/mol. The molecule has 0 aliphatic heterocycles. The second-order valence-corrected chi connectivity index (χ2v) is 9.54. The van der Waals surface area contributed by atoms with E-state index >= 15 is 0 Å². The molecule has 0 aliphatic carbocycles. The highest BCUT2D eigenvalue weighted by Gasteiger charge is 2.19. The molecular weight excluding hydrogens is 440 g/mol. The highest BCUT2D eigenvalue weighted by atomic mass is 16.3. The molecule has 0 amide bonds. The van der Waals surface area contributed by atoms with E-state index in [1.807, 2.05) is 0 Å². The largest absolute Gasteiger partial charge is 0.395 e. The summed E-state index contributed by atoms with van der Waals surface area (Å²) in [5, 5.41) is 10.4. The number of aliphatic hydroxyl groups excluding tert-OH is 1. The van der Waals surface area contributed by atoms with E-state index in [0.717, 1.165) is 45.6 Å². The Morgan fingerprint density at radius 2 is 0.861 bits per heavy atom. The molecule has 0 aliphatic rings. The van der Waals surface area contributed by atoms with Crippen molar-refractivity contribution in [1.29, 1.82) is 0 Å². The lowest BCUT2D eigenvalue weighted by Gasteiger charge is -2.32. The van der Waals surface area contributed by atoms with E-state index in [1.54, 1.807) is 0 Å². The van der Waals surface area contributed by atoms with Gasteiger partial charge in [-0.15, -0.1) is 0 Å². The maximum atomic E-state index is 10.4. The van der Waals surface area contributed by atoms with Crippen molar-refractivity contribution < 1.29 is 5.11 Å². The summed E-state index contributed by atoms with van der Waals surface area (Å²) in [5.74, 6) is 0. The van der Waals surface area contributed by atoms with Gasteiger partial charge in [-0.3, -0.25) is 9.80 Å². The van der Waals surface area contributed by atoms with Crippen molar-refractivity contribution in [3.63, 3.8) is 0 Å². The van der Waals surface area contributed by atoms with Gasteiger partial charge >= 0.3 is 0 Å². The Morgan fingerprint density at radius 3 is 1.22 bits per heavy atom. The lowest BCUT2D eigenvalue weighted by Crippen LogP contribution is -2.38. The van der Waals surface area contributed by atoms with Gasteiger partial charge in [0.25, 0.3) is 0 Å². The monoisotopic (exact) mass is 478 g/mol. The van der Waals surface area contributed by atoms with E-state index in [1.165, 1.54) is 22.3 Å². The molecule has 36 heavy (non-hydrogen) atoms. The normalized spacial score (nSPS) is 12.2. The third-order valence-corrected chi connectivity index (χ3v) is 6.69. The van der Waals surface area contributed by atoms with Gasteiger partial charge in [0.15, 0.2) is 0 Å². The van der Waals surface area contributed by atoms with Crippen LogP contribution in [0, 0.1) is 0 Å². The van der Waals surface area contributed by atoms with Gasteiger partial charge in [-0.2, -0.15) is 0 Å². The summed E-state index contributed by atoms with van der Waals surface area (Å²) in [5.41, 5.74) is 5.23. The fourth-order valence-electron chi connectivity index (χ4n) is 4.79. The van der Waals surface area contributed by atoms with E-state index in [-0.39, 0.29) is 12.6 Å². The molecule has 3 nitrogen and oxygen atoms in total. The molecule has 4 aromatic rings. The second-order valence-electron chi connectivity index (χ2n) is 9.54. The molecule has 0 saturated heterocycles. The Labute approximate surface area is 216 Å². The van der Waals surface area contributed by atoms with Crippen LogP contribution in [-0.4, -0.2) is 34.1 Å². The summed E-state index contributed by atoms with van der Waals surface area (Å²) in [7, 11) is 0. The number of hydrogen-bond donors (Lipinski definition) is 1. The van der Waals surface area contributed by atoms with Crippen LogP contribution in [0.2, 0.25) is 0 Å². The Morgan fingerprint density at radius 1 is 0.500 bits per heavy atom. The average molecular weight is 479 g/mol.